The zero-order chi connectivity index (χ0) is 24.4. The maximum atomic E-state index is 11.1. The first-order valence-electron chi connectivity index (χ1n) is 12.7. The van der Waals surface area contributed by atoms with Gasteiger partial charge in [-0.05, 0) is 53.0 Å². The molecule has 0 amide bonds. The standard InChI is InChI=1S/C33H30N2O/c36-32-26(21-20-25-12-10-11-19-31(25)32)22-30-23-35(24-34-30)33(27-13-4-1-5-14-27,28-15-6-2-7-16-28)29-17-8-3-9-18-29/h1-19,23-24,26,32,36H,20-22H2. The minimum absolute atomic E-state index is 0.155. The van der Waals surface area contributed by atoms with Crippen LogP contribution in [-0.2, 0) is 18.4 Å². The predicted molar refractivity (Wildman–Crippen MR) is 144 cm³/mol. The highest BCUT2D eigenvalue weighted by atomic mass is 16.3. The van der Waals surface area contributed by atoms with E-state index in [1.54, 1.807) is 0 Å². The number of aliphatic hydroxyl groups excluding tert-OH is 1. The first-order valence-corrected chi connectivity index (χ1v) is 12.7. The van der Waals surface area contributed by atoms with Crippen molar-refractivity contribution in [1.82, 2.24) is 9.55 Å². The van der Waals surface area contributed by atoms with E-state index in [1.165, 1.54) is 22.3 Å². The van der Waals surface area contributed by atoms with Crippen LogP contribution in [0.1, 0.15) is 46.0 Å². The molecule has 0 saturated heterocycles. The molecule has 5 aromatic rings. The summed E-state index contributed by atoms with van der Waals surface area (Å²) in [6.45, 7) is 0. The lowest BCUT2D eigenvalue weighted by molar-refractivity contribution is 0.0931. The fraction of sp³-hybridized carbons (Fsp3) is 0.182. The van der Waals surface area contributed by atoms with Gasteiger partial charge in [-0.1, -0.05) is 115 Å². The highest BCUT2D eigenvalue weighted by Crippen LogP contribution is 2.41. The Morgan fingerprint density at radius 3 is 1.83 bits per heavy atom. The molecule has 1 aliphatic rings. The second-order valence-corrected chi connectivity index (χ2v) is 9.73. The maximum Gasteiger partial charge on any atom is 0.121 e. The number of hydrogen-bond donors (Lipinski definition) is 1. The molecule has 2 unspecified atom stereocenters. The molecule has 0 fully saturated rings. The van der Waals surface area contributed by atoms with Gasteiger partial charge >= 0.3 is 0 Å². The van der Waals surface area contributed by atoms with Crippen LogP contribution in [0, 0.1) is 5.92 Å². The topological polar surface area (TPSA) is 38.0 Å². The van der Waals surface area contributed by atoms with Crippen molar-refractivity contribution >= 4 is 0 Å². The summed E-state index contributed by atoms with van der Waals surface area (Å²) in [6.07, 6.45) is 6.40. The van der Waals surface area contributed by atoms with Gasteiger partial charge in [-0.15, -0.1) is 0 Å². The molecule has 3 nitrogen and oxygen atoms in total. The number of aryl methyl sites for hydroxylation is 1. The van der Waals surface area contributed by atoms with Crippen LogP contribution in [0.3, 0.4) is 0 Å². The van der Waals surface area contributed by atoms with E-state index < -0.39 is 11.6 Å². The average Bonchev–Trinajstić information content (AvgIpc) is 3.41. The molecule has 0 bridgehead atoms. The highest BCUT2D eigenvalue weighted by Gasteiger charge is 2.38. The van der Waals surface area contributed by atoms with Crippen LogP contribution >= 0.6 is 0 Å². The predicted octanol–water partition coefficient (Wildman–Crippen LogP) is 6.56. The first-order chi connectivity index (χ1) is 17.8. The molecule has 1 aromatic heterocycles. The Morgan fingerprint density at radius 2 is 1.25 bits per heavy atom. The zero-order valence-corrected chi connectivity index (χ0v) is 20.2. The van der Waals surface area contributed by atoms with Crippen LogP contribution in [-0.4, -0.2) is 14.7 Å². The van der Waals surface area contributed by atoms with E-state index in [0.717, 1.165) is 30.5 Å². The minimum atomic E-state index is -0.563. The summed E-state index contributed by atoms with van der Waals surface area (Å²) in [5.74, 6) is 0.155. The summed E-state index contributed by atoms with van der Waals surface area (Å²) < 4.78 is 2.26. The molecule has 36 heavy (non-hydrogen) atoms. The third kappa shape index (κ3) is 3.86. The van der Waals surface area contributed by atoms with E-state index in [-0.39, 0.29) is 5.92 Å². The number of benzene rings is 4. The average molecular weight is 471 g/mol. The Morgan fingerprint density at radius 1 is 0.722 bits per heavy atom. The van der Waals surface area contributed by atoms with E-state index in [9.17, 15) is 5.11 Å². The van der Waals surface area contributed by atoms with E-state index in [4.69, 9.17) is 4.98 Å². The molecule has 6 rings (SSSR count). The Bertz CT molecular complexity index is 1330. The van der Waals surface area contributed by atoms with E-state index in [1.807, 2.05) is 12.4 Å². The molecule has 3 heteroatoms. The fourth-order valence-corrected chi connectivity index (χ4v) is 5.92. The van der Waals surface area contributed by atoms with Gasteiger partial charge in [-0.3, -0.25) is 0 Å². The quantitative estimate of drug-likeness (QED) is 0.285. The summed E-state index contributed by atoms with van der Waals surface area (Å²) in [5, 5.41) is 11.1. The van der Waals surface area contributed by atoms with Crippen molar-refractivity contribution in [3.8, 4) is 0 Å². The molecule has 4 aromatic carbocycles. The fourth-order valence-electron chi connectivity index (χ4n) is 5.92. The minimum Gasteiger partial charge on any atom is -0.388 e. The molecule has 1 N–H and O–H groups in total. The van der Waals surface area contributed by atoms with E-state index in [0.29, 0.717) is 0 Å². The van der Waals surface area contributed by atoms with Gasteiger partial charge in [0.1, 0.15) is 5.54 Å². The van der Waals surface area contributed by atoms with Crippen LogP contribution in [0.5, 0.6) is 0 Å². The molecular weight excluding hydrogens is 440 g/mol. The second kappa shape index (κ2) is 9.60. The lowest BCUT2D eigenvalue weighted by Crippen LogP contribution is -2.37. The summed E-state index contributed by atoms with van der Waals surface area (Å²) in [6, 6.07) is 40.2. The van der Waals surface area contributed by atoms with E-state index >= 15 is 0 Å². The molecule has 0 saturated carbocycles. The molecule has 0 spiro atoms. The van der Waals surface area contributed by atoms with Crippen molar-refractivity contribution < 1.29 is 5.11 Å². The van der Waals surface area contributed by atoms with Crippen LogP contribution in [0.25, 0.3) is 0 Å². The first kappa shape index (κ1) is 22.5. The molecule has 0 aliphatic heterocycles. The van der Waals surface area contributed by atoms with Crippen LogP contribution in [0.4, 0.5) is 0 Å². The lowest BCUT2D eigenvalue weighted by Gasteiger charge is -2.37. The van der Waals surface area contributed by atoms with Crippen LogP contribution < -0.4 is 0 Å². The van der Waals surface area contributed by atoms with Gasteiger partial charge in [0.05, 0.1) is 18.1 Å². The number of imidazole rings is 1. The molecule has 1 heterocycles. The molecule has 178 valence electrons. The summed E-state index contributed by atoms with van der Waals surface area (Å²) in [5.41, 5.74) is 6.32. The third-order valence-corrected chi connectivity index (χ3v) is 7.67. The van der Waals surface area contributed by atoms with Crippen molar-refractivity contribution in [3.05, 3.63) is 161 Å². The Labute approximate surface area is 212 Å². The van der Waals surface area contributed by atoms with Gasteiger partial charge in [-0.2, -0.15) is 0 Å². The number of rotatable bonds is 6. The zero-order valence-electron chi connectivity index (χ0n) is 20.2. The van der Waals surface area contributed by atoms with Gasteiger partial charge in [-0.25, -0.2) is 4.98 Å². The smallest absolute Gasteiger partial charge is 0.121 e. The van der Waals surface area contributed by atoms with Crippen molar-refractivity contribution in [2.24, 2.45) is 5.92 Å². The summed E-state index contributed by atoms with van der Waals surface area (Å²) >= 11 is 0. The Hall–Kier alpha value is -3.95. The van der Waals surface area contributed by atoms with Crippen LogP contribution in [0.2, 0.25) is 0 Å². The summed E-state index contributed by atoms with van der Waals surface area (Å²) in [7, 11) is 0. The number of nitrogens with zero attached hydrogens (tertiary/aromatic N) is 2. The number of aliphatic hydroxyl groups is 1. The van der Waals surface area contributed by atoms with E-state index in [2.05, 4.69) is 120 Å². The largest absolute Gasteiger partial charge is 0.388 e. The molecule has 2 atom stereocenters. The monoisotopic (exact) mass is 470 g/mol. The molecule has 1 aliphatic carbocycles. The van der Waals surface area contributed by atoms with Gasteiger partial charge in [0.15, 0.2) is 0 Å². The van der Waals surface area contributed by atoms with Gasteiger partial charge < -0.3 is 9.67 Å². The third-order valence-electron chi connectivity index (χ3n) is 7.67. The summed E-state index contributed by atoms with van der Waals surface area (Å²) in [4.78, 5) is 4.90. The van der Waals surface area contributed by atoms with Crippen molar-refractivity contribution in [2.75, 3.05) is 0 Å². The van der Waals surface area contributed by atoms with Crippen molar-refractivity contribution in [3.63, 3.8) is 0 Å². The Balaban J connectivity index is 1.45. The molecular formula is C33H30N2O. The molecule has 0 radical (unpaired) electrons. The lowest BCUT2D eigenvalue weighted by atomic mass is 9.76. The van der Waals surface area contributed by atoms with Gasteiger partial charge in [0, 0.05) is 6.20 Å². The second-order valence-electron chi connectivity index (χ2n) is 9.73. The highest BCUT2D eigenvalue weighted by molar-refractivity contribution is 5.50. The SMILES string of the molecule is OC1c2ccccc2CCC1Cc1cn(C(c2ccccc2)(c2ccccc2)c2ccccc2)cn1. The van der Waals surface area contributed by atoms with Crippen molar-refractivity contribution in [2.45, 2.75) is 30.9 Å². The Kier molecular flexibility index (Phi) is 6.00. The normalized spacial score (nSPS) is 17.5. The number of fused-ring (bicyclic) bond motifs is 1. The van der Waals surface area contributed by atoms with Crippen LogP contribution in [0.15, 0.2) is 128 Å². The van der Waals surface area contributed by atoms with Gasteiger partial charge in [0.2, 0.25) is 0 Å². The van der Waals surface area contributed by atoms with Gasteiger partial charge in [0.25, 0.3) is 0 Å². The number of aromatic nitrogens is 2. The number of hydrogen-bond acceptors (Lipinski definition) is 2. The maximum absolute atomic E-state index is 11.1. The van der Waals surface area contributed by atoms with Crippen molar-refractivity contribution in [1.29, 1.82) is 0 Å².